The number of aliphatic hydroxyl groups is 1. The van der Waals surface area contributed by atoms with Crippen LogP contribution in [0.15, 0.2) is 29.3 Å². The number of hydrogen-bond donors (Lipinski definition) is 2. The van der Waals surface area contributed by atoms with Crippen LogP contribution in [0, 0.1) is 5.92 Å². The van der Waals surface area contributed by atoms with E-state index in [-0.39, 0.29) is 42.9 Å². The molecule has 0 amide bonds. The third-order valence-electron chi connectivity index (χ3n) is 4.78. The molecule has 1 saturated heterocycles. The smallest absolute Gasteiger partial charge is 0.416 e. The zero-order chi connectivity index (χ0) is 22.7. The first kappa shape index (κ1) is 28.7. The molecule has 1 heterocycles. The van der Waals surface area contributed by atoms with Crippen LogP contribution in [0.2, 0.25) is 0 Å². The number of ether oxygens (including phenoxy) is 3. The molecular weight excluding hydrogens is 542 g/mol. The summed E-state index contributed by atoms with van der Waals surface area (Å²) in [5, 5.41) is 13.4. The summed E-state index contributed by atoms with van der Waals surface area (Å²) in [4.78, 5) is 6.63. The number of alkyl halides is 3. The third kappa shape index (κ3) is 10.1. The number of rotatable bonds is 11. The molecule has 0 bridgehead atoms. The van der Waals surface area contributed by atoms with E-state index in [0.29, 0.717) is 32.3 Å². The van der Waals surface area contributed by atoms with Crippen LogP contribution in [-0.4, -0.2) is 81.8 Å². The Labute approximate surface area is 204 Å². The molecule has 0 aliphatic carbocycles. The summed E-state index contributed by atoms with van der Waals surface area (Å²) in [6, 6.07) is 4.38. The lowest BCUT2D eigenvalue weighted by Gasteiger charge is -2.22. The van der Waals surface area contributed by atoms with Crippen LogP contribution in [0.25, 0.3) is 0 Å². The molecule has 2 unspecified atom stereocenters. The first-order valence-corrected chi connectivity index (χ1v) is 10.4. The topological polar surface area (TPSA) is 75.6 Å². The fraction of sp³-hybridized carbons (Fsp3) is 0.667. The number of nitrogens with one attached hydrogen (secondary N) is 1. The van der Waals surface area contributed by atoms with Gasteiger partial charge >= 0.3 is 6.18 Å². The Bertz CT molecular complexity index is 677. The van der Waals surface area contributed by atoms with Crippen molar-refractivity contribution in [2.75, 3.05) is 59.7 Å². The van der Waals surface area contributed by atoms with E-state index < -0.39 is 17.8 Å². The molecule has 1 aromatic rings. The zero-order valence-corrected chi connectivity index (χ0v) is 20.8. The highest BCUT2D eigenvalue weighted by atomic mass is 127. The lowest BCUT2D eigenvalue weighted by atomic mass is 10.1. The second-order valence-electron chi connectivity index (χ2n) is 7.35. The first-order valence-electron chi connectivity index (χ1n) is 10.4. The molecule has 0 saturated carbocycles. The lowest BCUT2D eigenvalue weighted by molar-refractivity contribution is -0.137. The van der Waals surface area contributed by atoms with Crippen molar-refractivity contribution in [1.82, 2.24) is 10.2 Å². The molecular formula is C21H33F3IN3O4. The Morgan fingerprint density at radius 2 is 2.00 bits per heavy atom. The number of guanidine groups is 1. The number of benzene rings is 1. The monoisotopic (exact) mass is 575 g/mol. The van der Waals surface area contributed by atoms with Gasteiger partial charge in [0.15, 0.2) is 5.96 Å². The number of aliphatic imine (C=N–C) groups is 1. The van der Waals surface area contributed by atoms with Gasteiger partial charge in [0.1, 0.15) is 18.5 Å². The SMILES string of the molecule is CCNC(=NCC(O)COc1ccc(C(F)(F)F)cc1)N1CCC(COCCOC)C1.I. The van der Waals surface area contributed by atoms with Gasteiger partial charge in [0, 0.05) is 32.7 Å². The predicted molar refractivity (Wildman–Crippen MR) is 127 cm³/mol. The van der Waals surface area contributed by atoms with E-state index in [1.807, 2.05) is 6.92 Å². The van der Waals surface area contributed by atoms with E-state index in [2.05, 4.69) is 15.2 Å². The molecule has 2 N–H and O–H groups in total. The van der Waals surface area contributed by atoms with Gasteiger partial charge in [0.2, 0.25) is 0 Å². The molecule has 1 aliphatic heterocycles. The van der Waals surface area contributed by atoms with E-state index >= 15 is 0 Å². The predicted octanol–water partition coefficient (Wildman–Crippen LogP) is 3.01. The molecule has 0 aromatic heterocycles. The number of hydrogen-bond acceptors (Lipinski definition) is 5. The fourth-order valence-electron chi connectivity index (χ4n) is 3.16. The largest absolute Gasteiger partial charge is 0.491 e. The standard InChI is InChI=1S/C21H32F3N3O4.HI/c1-3-25-20(27-9-8-16(13-27)14-30-11-10-29-2)26-12-18(28)15-31-19-6-4-17(5-7-19)21(22,23)24;/h4-7,16,18,28H,3,8-15H2,1-2H3,(H,25,26);1H. The van der Waals surface area contributed by atoms with Crippen LogP contribution < -0.4 is 10.1 Å². The molecule has 7 nitrogen and oxygen atoms in total. The molecule has 1 aromatic carbocycles. The van der Waals surface area contributed by atoms with Crippen molar-refractivity contribution in [3.63, 3.8) is 0 Å². The van der Waals surface area contributed by atoms with Crippen molar-refractivity contribution in [1.29, 1.82) is 0 Å². The number of nitrogens with zero attached hydrogens (tertiary/aromatic N) is 2. The van der Waals surface area contributed by atoms with Crippen molar-refractivity contribution in [3.05, 3.63) is 29.8 Å². The Morgan fingerprint density at radius 1 is 1.28 bits per heavy atom. The quantitative estimate of drug-likeness (QED) is 0.183. The molecule has 0 spiro atoms. The average molecular weight is 575 g/mol. The minimum atomic E-state index is -4.39. The highest BCUT2D eigenvalue weighted by Crippen LogP contribution is 2.30. The van der Waals surface area contributed by atoms with Gasteiger partial charge in [0.25, 0.3) is 0 Å². The Hall–Kier alpha value is -1.31. The maximum absolute atomic E-state index is 12.6. The van der Waals surface area contributed by atoms with Gasteiger partial charge in [-0.05, 0) is 37.6 Å². The second-order valence-corrected chi connectivity index (χ2v) is 7.35. The maximum Gasteiger partial charge on any atom is 0.416 e. The number of methoxy groups -OCH3 is 1. The summed E-state index contributed by atoms with van der Waals surface area (Å²) >= 11 is 0. The van der Waals surface area contributed by atoms with E-state index in [1.54, 1.807) is 7.11 Å². The van der Waals surface area contributed by atoms with Gasteiger partial charge in [-0.15, -0.1) is 24.0 Å². The molecule has 32 heavy (non-hydrogen) atoms. The van der Waals surface area contributed by atoms with Gasteiger partial charge in [-0.25, -0.2) is 0 Å². The molecule has 1 fully saturated rings. The number of likely N-dealkylation sites (tertiary alicyclic amines) is 1. The molecule has 2 atom stereocenters. The van der Waals surface area contributed by atoms with Crippen molar-refractivity contribution in [2.24, 2.45) is 10.9 Å². The Kier molecular flexibility index (Phi) is 13.2. The number of halogens is 4. The Balaban J connectivity index is 0.00000512. The minimum Gasteiger partial charge on any atom is -0.491 e. The van der Waals surface area contributed by atoms with Crippen LogP contribution in [0.3, 0.4) is 0 Å². The highest BCUT2D eigenvalue weighted by molar-refractivity contribution is 14.0. The van der Waals surface area contributed by atoms with Gasteiger partial charge < -0.3 is 29.5 Å². The van der Waals surface area contributed by atoms with Crippen molar-refractivity contribution >= 4 is 29.9 Å². The van der Waals surface area contributed by atoms with Crippen LogP contribution in [0.1, 0.15) is 18.9 Å². The normalized spacial score (nSPS) is 17.8. The van der Waals surface area contributed by atoms with Crippen LogP contribution in [0.4, 0.5) is 13.2 Å². The lowest BCUT2D eigenvalue weighted by Crippen LogP contribution is -2.41. The highest BCUT2D eigenvalue weighted by Gasteiger charge is 2.30. The van der Waals surface area contributed by atoms with Gasteiger partial charge in [-0.3, -0.25) is 4.99 Å². The van der Waals surface area contributed by atoms with E-state index in [0.717, 1.165) is 37.6 Å². The summed E-state index contributed by atoms with van der Waals surface area (Å²) in [5.41, 5.74) is -0.742. The molecule has 1 aliphatic rings. The third-order valence-corrected chi connectivity index (χ3v) is 4.78. The Morgan fingerprint density at radius 3 is 2.62 bits per heavy atom. The molecule has 2 rings (SSSR count). The van der Waals surface area contributed by atoms with Crippen LogP contribution in [0.5, 0.6) is 5.75 Å². The van der Waals surface area contributed by atoms with Crippen molar-refractivity contribution in [3.8, 4) is 5.75 Å². The second kappa shape index (κ2) is 14.8. The summed E-state index contributed by atoms with van der Waals surface area (Å²) in [7, 11) is 1.64. The van der Waals surface area contributed by atoms with Gasteiger partial charge in [-0.1, -0.05) is 0 Å². The van der Waals surface area contributed by atoms with E-state index in [4.69, 9.17) is 14.2 Å². The van der Waals surface area contributed by atoms with Gasteiger partial charge in [0.05, 0.1) is 31.9 Å². The minimum absolute atomic E-state index is 0. The van der Waals surface area contributed by atoms with Crippen molar-refractivity contribution in [2.45, 2.75) is 25.6 Å². The summed E-state index contributed by atoms with van der Waals surface area (Å²) in [6.07, 6.45) is -4.27. The molecule has 184 valence electrons. The van der Waals surface area contributed by atoms with E-state index in [1.165, 1.54) is 12.1 Å². The fourth-order valence-corrected chi connectivity index (χ4v) is 3.16. The zero-order valence-electron chi connectivity index (χ0n) is 18.4. The van der Waals surface area contributed by atoms with Gasteiger partial charge in [-0.2, -0.15) is 13.2 Å². The van der Waals surface area contributed by atoms with Crippen molar-refractivity contribution < 1.29 is 32.5 Å². The summed E-state index contributed by atoms with van der Waals surface area (Å²) < 4.78 is 53.8. The average Bonchev–Trinajstić information content (AvgIpc) is 3.21. The maximum atomic E-state index is 12.6. The van der Waals surface area contributed by atoms with Crippen LogP contribution in [-0.2, 0) is 15.7 Å². The summed E-state index contributed by atoms with van der Waals surface area (Å²) in [5.74, 6) is 1.39. The van der Waals surface area contributed by atoms with Crippen LogP contribution >= 0.6 is 24.0 Å². The van der Waals surface area contributed by atoms with E-state index in [9.17, 15) is 18.3 Å². The number of aliphatic hydroxyl groups excluding tert-OH is 1. The first-order chi connectivity index (χ1) is 14.8. The molecule has 11 heteroatoms. The summed E-state index contributed by atoms with van der Waals surface area (Å²) in [6.45, 7) is 6.21. The molecule has 0 radical (unpaired) electrons.